The minimum Gasteiger partial charge on any atom is -0.356 e. The molecule has 6 heteroatoms. The first-order valence-electron chi connectivity index (χ1n) is 4.91. The molecule has 1 rings (SSSR count). The average Bonchev–Trinajstić information content (AvgIpc) is 2.30. The summed E-state index contributed by atoms with van der Waals surface area (Å²) in [6.07, 6.45) is 7.31. The molecule has 0 fully saturated rings. The van der Waals surface area contributed by atoms with Gasteiger partial charge in [0.05, 0.1) is 5.56 Å². The molecule has 2 N–H and O–H groups in total. The van der Waals surface area contributed by atoms with Crippen molar-refractivity contribution in [1.82, 2.24) is 14.9 Å². The van der Waals surface area contributed by atoms with Crippen molar-refractivity contribution in [1.29, 1.82) is 0 Å². The number of amides is 1. The maximum atomic E-state index is 11.4. The molecular weight excluding hydrogens is 222 g/mol. The van der Waals surface area contributed by atoms with Gasteiger partial charge in [0, 0.05) is 26.4 Å². The molecule has 0 aliphatic rings. The molecule has 6 nitrogen and oxygen atoms in total. The van der Waals surface area contributed by atoms with Crippen LogP contribution in [0.3, 0.4) is 0 Å². The summed E-state index contributed by atoms with van der Waals surface area (Å²) >= 11 is 0. The van der Waals surface area contributed by atoms with Crippen molar-refractivity contribution in [3.8, 4) is 0 Å². The first kappa shape index (κ1) is 12.7. The highest BCUT2D eigenvalue weighted by molar-refractivity contribution is 5.87. The molecule has 0 aliphatic heterocycles. The third-order valence-corrected chi connectivity index (χ3v) is 2.02. The molecule has 0 spiro atoms. The van der Waals surface area contributed by atoms with Crippen LogP contribution >= 0.6 is 0 Å². The highest BCUT2D eigenvalue weighted by Crippen LogP contribution is 1.91. The number of carbonyl (C=O) groups excluding carboxylic acids is 1. The third-order valence-electron chi connectivity index (χ3n) is 2.02. The summed E-state index contributed by atoms with van der Waals surface area (Å²) in [7, 11) is 3.06. The zero-order valence-corrected chi connectivity index (χ0v) is 9.56. The predicted octanol–water partition coefficient (Wildman–Crippen LogP) is -0.611. The number of nitrogens with one attached hydrogen (secondary N) is 2. The Kier molecular flexibility index (Phi) is 4.21. The maximum Gasteiger partial charge on any atom is 0.328 e. The summed E-state index contributed by atoms with van der Waals surface area (Å²) in [5.41, 5.74) is -0.584. The normalized spacial score (nSPS) is 11.2. The molecule has 0 aliphatic carbocycles. The van der Waals surface area contributed by atoms with E-state index in [-0.39, 0.29) is 5.91 Å². The number of H-pyrrole nitrogens is 1. The van der Waals surface area contributed by atoms with Crippen LogP contribution in [0.1, 0.15) is 5.56 Å². The Hall–Kier alpha value is -2.37. The van der Waals surface area contributed by atoms with E-state index in [2.05, 4.69) is 10.3 Å². The van der Waals surface area contributed by atoms with Gasteiger partial charge in [-0.1, -0.05) is 12.2 Å². The molecule has 0 atom stereocenters. The number of aromatic amines is 1. The van der Waals surface area contributed by atoms with Gasteiger partial charge in [-0.15, -0.1) is 0 Å². The molecule has 17 heavy (non-hydrogen) atoms. The summed E-state index contributed by atoms with van der Waals surface area (Å²) in [5.74, 6) is -0.232. The second-order valence-corrected chi connectivity index (χ2v) is 3.29. The standard InChI is InChI=1S/C11H13N3O3/c1-12-9(15)6-4-3-5-8-7-14(2)11(17)13-10(8)16/h3-7H,1-2H3,(H,12,15)(H,13,16,17)/b5-3+,6-4+. The van der Waals surface area contributed by atoms with Gasteiger partial charge in [-0.25, -0.2) is 4.79 Å². The van der Waals surface area contributed by atoms with Crippen LogP contribution in [0.25, 0.3) is 6.08 Å². The van der Waals surface area contributed by atoms with Gasteiger partial charge in [-0.3, -0.25) is 14.6 Å². The lowest BCUT2D eigenvalue weighted by Gasteiger charge is -1.96. The van der Waals surface area contributed by atoms with E-state index in [0.29, 0.717) is 5.56 Å². The lowest BCUT2D eigenvalue weighted by Crippen LogP contribution is -2.28. The number of rotatable bonds is 3. The van der Waals surface area contributed by atoms with E-state index in [1.165, 1.54) is 43.1 Å². The van der Waals surface area contributed by atoms with E-state index in [1.807, 2.05) is 0 Å². The first-order chi connectivity index (χ1) is 8.04. The summed E-state index contributed by atoms with van der Waals surface area (Å²) in [5, 5.41) is 2.42. The Labute approximate surface area is 97.3 Å². The lowest BCUT2D eigenvalue weighted by molar-refractivity contribution is -0.116. The summed E-state index contributed by atoms with van der Waals surface area (Å²) in [6, 6.07) is 0. The van der Waals surface area contributed by atoms with Gasteiger partial charge in [-0.05, 0) is 6.08 Å². The number of aryl methyl sites for hydroxylation is 1. The SMILES string of the molecule is CNC(=O)/C=C/C=C/c1cn(C)c(=O)[nH]c1=O. The Morgan fingerprint density at radius 3 is 2.76 bits per heavy atom. The number of carbonyl (C=O) groups is 1. The van der Waals surface area contributed by atoms with E-state index in [1.54, 1.807) is 6.08 Å². The minimum absolute atomic E-state index is 0.232. The van der Waals surface area contributed by atoms with Crippen molar-refractivity contribution in [3.05, 3.63) is 50.8 Å². The van der Waals surface area contributed by atoms with E-state index in [4.69, 9.17) is 0 Å². The summed E-state index contributed by atoms with van der Waals surface area (Å²) < 4.78 is 1.27. The second-order valence-electron chi connectivity index (χ2n) is 3.29. The summed E-state index contributed by atoms with van der Waals surface area (Å²) in [6.45, 7) is 0. The molecule has 0 radical (unpaired) electrons. The number of hydrogen-bond donors (Lipinski definition) is 2. The van der Waals surface area contributed by atoms with Gasteiger partial charge in [0.25, 0.3) is 5.56 Å². The number of likely N-dealkylation sites (N-methyl/N-ethyl adjacent to an activating group) is 1. The Morgan fingerprint density at radius 1 is 1.41 bits per heavy atom. The Morgan fingerprint density at radius 2 is 2.12 bits per heavy atom. The van der Waals surface area contributed by atoms with Crippen molar-refractivity contribution in [3.63, 3.8) is 0 Å². The molecule has 0 saturated carbocycles. The molecule has 90 valence electrons. The zero-order chi connectivity index (χ0) is 12.8. The van der Waals surface area contributed by atoms with Crippen molar-refractivity contribution in [2.45, 2.75) is 0 Å². The maximum absolute atomic E-state index is 11.4. The van der Waals surface area contributed by atoms with Gasteiger partial charge >= 0.3 is 5.69 Å². The molecule has 0 bridgehead atoms. The first-order valence-corrected chi connectivity index (χ1v) is 4.91. The van der Waals surface area contributed by atoms with Gasteiger partial charge in [0.1, 0.15) is 0 Å². The smallest absolute Gasteiger partial charge is 0.328 e. The van der Waals surface area contributed by atoms with Crippen LogP contribution in [0.4, 0.5) is 0 Å². The quantitative estimate of drug-likeness (QED) is 0.541. The second kappa shape index (κ2) is 5.64. The highest BCUT2D eigenvalue weighted by atomic mass is 16.2. The van der Waals surface area contributed by atoms with Crippen LogP contribution in [0.15, 0.2) is 34.0 Å². The molecule has 1 amide bonds. The van der Waals surface area contributed by atoms with Crippen LogP contribution in [-0.4, -0.2) is 22.5 Å². The van der Waals surface area contributed by atoms with Crippen LogP contribution in [0.2, 0.25) is 0 Å². The van der Waals surface area contributed by atoms with Crippen molar-refractivity contribution < 1.29 is 4.79 Å². The van der Waals surface area contributed by atoms with E-state index in [0.717, 1.165) is 0 Å². The zero-order valence-electron chi connectivity index (χ0n) is 9.56. The molecule has 0 unspecified atom stereocenters. The van der Waals surface area contributed by atoms with Crippen LogP contribution in [0, 0.1) is 0 Å². The fourth-order valence-electron chi connectivity index (χ4n) is 1.09. The van der Waals surface area contributed by atoms with Crippen molar-refractivity contribution in [2.75, 3.05) is 7.05 Å². The topological polar surface area (TPSA) is 84.0 Å². The van der Waals surface area contributed by atoms with Crippen LogP contribution in [0.5, 0.6) is 0 Å². The van der Waals surface area contributed by atoms with E-state index < -0.39 is 11.2 Å². The Balaban J connectivity index is 2.89. The number of nitrogens with zero attached hydrogens (tertiary/aromatic N) is 1. The minimum atomic E-state index is -0.465. The molecule has 1 aromatic heterocycles. The Bertz CT molecular complexity index is 578. The molecule has 1 aromatic rings. The molecule has 1 heterocycles. The van der Waals surface area contributed by atoms with Gasteiger partial charge in [-0.2, -0.15) is 0 Å². The predicted molar refractivity (Wildman–Crippen MR) is 64.5 cm³/mol. The monoisotopic (exact) mass is 235 g/mol. The van der Waals surface area contributed by atoms with Crippen molar-refractivity contribution >= 4 is 12.0 Å². The third kappa shape index (κ3) is 3.60. The largest absolute Gasteiger partial charge is 0.356 e. The fraction of sp³-hybridized carbons (Fsp3) is 0.182. The highest BCUT2D eigenvalue weighted by Gasteiger charge is 1.97. The van der Waals surface area contributed by atoms with Crippen LogP contribution < -0.4 is 16.6 Å². The lowest BCUT2D eigenvalue weighted by atomic mass is 10.3. The number of allylic oxidation sites excluding steroid dienone is 2. The average molecular weight is 235 g/mol. The molecule has 0 aromatic carbocycles. The molecular formula is C11H13N3O3. The van der Waals surface area contributed by atoms with Gasteiger partial charge in [0.15, 0.2) is 0 Å². The van der Waals surface area contributed by atoms with Gasteiger partial charge in [0.2, 0.25) is 5.91 Å². The van der Waals surface area contributed by atoms with Crippen LogP contribution in [-0.2, 0) is 11.8 Å². The number of hydrogen-bond acceptors (Lipinski definition) is 3. The van der Waals surface area contributed by atoms with E-state index in [9.17, 15) is 14.4 Å². The van der Waals surface area contributed by atoms with E-state index >= 15 is 0 Å². The number of aromatic nitrogens is 2. The molecule has 0 saturated heterocycles. The summed E-state index contributed by atoms with van der Waals surface area (Å²) in [4.78, 5) is 35.4. The fourth-order valence-corrected chi connectivity index (χ4v) is 1.09. The van der Waals surface area contributed by atoms with Crippen molar-refractivity contribution in [2.24, 2.45) is 7.05 Å². The van der Waals surface area contributed by atoms with Gasteiger partial charge < -0.3 is 9.88 Å².